The molecule has 2 atom stereocenters. The Labute approximate surface area is 85.3 Å². The highest BCUT2D eigenvalue weighted by molar-refractivity contribution is 5.26. The van der Waals surface area contributed by atoms with Crippen molar-refractivity contribution in [1.29, 1.82) is 0 Å². The van der Waals surface area contributed by atoms with Crippen LogP contribution in [-0.2, 0) is 0 Å². The number of halogens is 1. The summed E-state index contributed by atoms with van der Waals surface area (Å²) in [6.07, 6.45) is 0. The standard InChI is InChI=1S/C12H18FN/c1-8-5-6-11(7-12(8)13)9(2)10(3)14-4/h5-7,9-10,14H,1-4H3. The Kier molecular flexibility index (Phi) is 3.64. The van der Waals surface area contributed by atoms with Gasteiger partial charge in [0.1, 0.15) is 5.82 Å². The zero-order valence-corrected chi connectivity index (χ0v) is 9.26. The van der Waals surface area contributed by atoms with Gasteiger partial charge in [-0.3, -0.25) is 0 Å². The molecule has 0 aromatic heterocycles. The molecule has 0 fully saturated rings. The van der Waals surface area contributed by atoms with E-state index in [2.05, 4.69) is 19.2 Å². The van der Waals surface area contributed by atoms with Crippen LogP contribution >= 0.6 is 0 Å². The fourth-order valence-electron chi connectivity index (χ4n) is 1.43. The van der Waals surface area contributed by atoms with Crippen LogP contribution in [0.15, 0.2) is 18.2 Å². The van der Waals surface area contributed by atoms with E-state index in [1.165, 1.54) is 0 Å². The third kappa shape index (κ3) is 2.32. The van der Waals surface area contributed by atoms with E-state index in [0.717, 1.165) is 5.56 Å². The third-order valence-corrected chi connectivity index (χ3v) is 2.93. The van der Waals surface area contributed by atoms with Gasteiger partial charge in [-0.05, 0) is 44.0 Å². The lowest BCUT2D eigenvalue weighted by atomic mass is 9.94. The van der Waals surface area contributed by atoms with Crippen LogP contribution in [-0.4, -0.2) is 13.1 Å². The molecule has 0 aliphatic heterocycles. The lowest BCUT2D eigenvalue weighted by molar-refractivity contribution is 0.519. The fourth-order valence-corrected chi connectivity index (χ4v) is 1.43. The number of rotatable bonds is 3. The Morgan fingerprint density at radius 3 is 2.43 bits per heavy atom. The number of aryl methyl sites for hydroxylation is 1. The van der Waals surface area contributed by atoms with Gasteiger partial charge >= 0.3 is 0 Å². The van der Waals surface area contributed by atoms with Crippen LogP contribution in [0.2, 0.25) is 0 Å². The molecule has 0 heterocycles. The van der Waals surface area contributed by atoms with Crippen LogP contribution < -0.4 is 5.32 Å². The first-order valence-corrected chi connectivity index (χ1v) is 4.99. The van der Waals surface area contributed by atoms with Gasteiger partial charge in [0.2, 0.25) is 0 Å². The minimum absolute atomic E-state index is 0.113. The van der Waals surface area contributed by atoms with Crippen molar-refractivity contribution in [1.82, 2.24) is 5.32 Å². The molecule has 0 saturated heterocycles. The molecule has 0 amide bonds. The molecule has 78 valence electrons. The molecule has 1 aromatic carbocycles. The Morgan fingerprint density at radius 2 is 1.93 bits per heavy atom. The van der Waals surface area contributed by atoms with Gasteiger partial charge in [-0.25, -0.2) is 4.39 Å². The maximum atomic E-state index is 13.3. The van der Waals surface area contributed by atoms with Crippen molar-refractivity contribution in [3.63, 3.8) is 0 Å². The average Bonchev–Trinajstić information content (AvgIpc) is 2.20. The van der Waals surface area contributed by atoms with Gasteiger partial charge < -0.3 is 5.32 Å². The van der Waals surface area contributed by atoms with E-state index in [4.69, 9.17) is 0 Å². The molecule has 0 aliphatic rings. The number of benzene rings is 1. The van der Waals surface area contributed by atoms with Crippen molar-refractivity contribution in [2.24, 2.45) is 0 Å². The largest absolute Gasteiger partial charge is 0.317 e. The van der Waals surface area contributed by atoms with Crippen LogP contribution in [0.4, 0.5) is 4.39 Å². The summed E-state index contributed by atoms with van der Waals surface area (Å²) in [7, 11) is 1.92. The van der Waals surface area contributed by atoms with Crippen LogP contribution in [0.3, 0.4) is 0 Å². The molecular formula is C12H18FN. The zero-order chi connectivity index (χ0) is 10.7. The molecule has 1 N–H and O–H groups in total. The first kappa shape index (κ1) is 11.2. The number of nitrogens with one attached hydrogen (secondary N) is 1. The zero-order valence-electron chi connectivity index (χ0n) is 9.26. The van der Waals surface area contributed by atoms with Gasteiger partial charge in [0.25, 0.3) is 0 Å². The maximum absolute atomic E-state index is 13.3. The smallest absolute Gasteiger partial charge is 0.126 e. The van der Waals surface area contributed by atoms with Gasteiger partial charge in [-0.2, -0.15) is 0 Å². The molecule has 1 aromatic rings. The number of likely N-dealkylation sites (N-methyl/N-ethyl adjacent to an activating group) is 1. The van der Waals surface area contributed by atoms with Crippen LogP contribution in [0.1, 0.15) is 30.9 Å². The van der Waals surface area contributed by atoms with Crippen molar-refractivity contribution < 1.29 is 4.39 Å². The Bertz CT molecular complexity index is 309. The summed E-state index contributed by atoms with van der Waals surface area (Å²) < 4.78 is 13.3. The maximum Gasteiger partial charge on any atom is 0.126 e. The summed E-state index contributed by atoms with van der Waals surface area (Å²) in [5.41, 5.74) is 1.76. The quantitative estimate of drug-likeness (QED) is 0.782. The second kappa shape index (κ2) is 4.56. The molecule has 14 heavy (non-hydrogen) atoms. The van der Waals surface area contributed by atoms with Gasteiger partial charge in [0.15, 0.2) is 0 Å². The predicted molar refractivity (Wildman–Crippen MR) is 58.1 cm³/mol. The van der Waals surface area contributed by atoms with E-state index in [0.29, 0.717) is 17.5 Å². The highest BCUT2D eigenvalue weighted by Gasteiger charge is 2.13. The van der Waals surface area contributed by atoms with E-state index in [9.17, 15) is 4.39 Å². The van der Waals surface area contributed by atoms with Crippen molar-refractivity contribution in [3.8, 4) is 0 Å². The molecule has 0 aliphatic carbocycles. The second-order valence-electron chi connectivity index (χ2n) is 3.87. The first-order valence-electron chi connectivity index (χ1n) is 4.99. The molecule has 1 rings (SSSR count). The monoisotopic (exact) mass is 195 g/mol. The fraction of sp³-hybridized carbons (Fsp3) is 0.500. The summed E-state index contributed by atoms with van der Waals surface area (Å²) in [4.78, 5) is 0. The molecule has 0 radical (unpaired) electrons. The molecule has 0 saturated carbocycles. The Balaban J connectivity index is 2.91. The highest BCUT2D eigenvalue weighted by atomic mass is 19.1. The topological polar surface area (TPSA) is 12.0 Å². The van der Waals surface area contributed by atoms with E-state index in [1.54, 1.807) is 13.0 Å². The predicted octanol–water partition coefficient (Wildman–Crippen LogP) is 2.85. The lowest BCUT2D eigenvalue weighted by Crippen LogP contribution is -2.27. The lowest BCUT2D eigenvalue weighted by Gasteiger charge is -2.19. The van der Waals surface area contributed by atoms with Gasteiger partial charge in [0.05, 0.1) is 0 Å². The minimum Gasteiger partial charge on any atom is -0.317 e. The van der Waals surface area contributed by atoms with Crippen LogP contribution in [0, 0.1) is 12.7 Å². The third-order valence-electron chi connectivity index (χ3n) is 2.93. The van der Waals surface area contributed by atoms with Crippen molar-refractivity contribution in [3.05, 3.63) is 35.1 Å². The van der Waals surface area contributed by atoms with E-state index >= 15 is 0 Å². The average molecular weight is 195 g/mol. The summed E-state index contributed by atoms with van der Waals surface area (Å²) in [6.45, 7) is 5.99. The molecule has 0 spiro atoms. The molecular weight excluding hydrogens is 177 g/mol. The van der Waals surface area contributed by atoms with Crippen molar-refractivity contribution in [2.45, 2.75) is 32.7 Å². The van der Waals surface area contributed by atoms with Crippen molar-refractivity contribution >= 4 is 0 Å². The van der Waals surface area contributed by atoms with Crippen LogP contribution in [0.5, 0.6) is 0 Å². The Hall–Kier alpha value is -0.890. The number of hydrogen-bond donors (Lipinski definition) is 1. The Morgan fingerprint density at radius 1 is 1.29 bits per heavy atom. The molecule has 2 unspecified atom stereocenters. The van der Waals surface area contributed by atoms with Crippen molar-refractivity contribution in [2.75, 3.05) is 7.05 Å². The highest BCUT2D eigenvalue weighted by Crippen LogP contribution is 2.21. The molecule has 1 nitrogen and oxygen atoms in total. The normalized spacial score (nSPS) is 15.2. The molecule has 2 heteroatoms. The first-order chi connectivity index (χ1) is 6.56. The number of hydrogen-bond acceptors (Lipinski definition) is 1. The van der Waals surface area contributed by atoms with Crippen LogP contribution in [0.25, 0.3) is 0 Å². The molecule has 0 bridgehead atoms. The van der Waals surface area contributed by atoms with E-state index in [1.807, 2.05) is 19.2 Å². The minimum atomic E-state index is -0.113. The van der Waals surface area contributed by atoms with E-state index < -0.39 is 0 Å². The second-order valence-corrected chi connectivity index (χ2v) is 3.87. The van der Waals surface area contributed by atoms with Gasteiger partial charge in [0, 0.05) is 6.04 Å². The summed E-state index contributed by atoms with van der Waals surface area (Å²) in [5, 5.41) is 3.17. The SMILES string of the molecule is CNC(C)C(C)c1ccc(C)c(F)c1. The van der Waals surface area contributed by atoms with E-state index in [-0.39, 0.29) is 5.82 Å². The van der Waals surface area contributed by atoms with Gasteiger partial charge in [-0.15, -0.1) is 0 Å². The summed E-state index contributed by atoms with van der Waals surface area (Å²) in [5.74, 6) is 0.216. The van der Waals surface area contributed by atoms with Gasteiger partial charge in [-0.1, -0.05) is 19.1 Å². The summed E-state index contributed by atoms with van der Waals surface area (Å²) in [6, 6.07) is 5.83. The summed E-state index contributed by atoms with van der Waals surface area (Å²) >= 11 is 0.